The third kappa shape index (κ3) is 2.39. The minimum atomic E-state index is -3.35. The maximum absolute atomic E-state index is 12.2. The van der Waals surface area contributed by atoms with Crippen molar-refractivity contribution in [1.29, 1.82) is 0 Å². The fraction of sp³-hybridized carbons (Fsp3) is 0.0667. The average molecular weight is 272 g/mol. The Morgan fingerprint density at radius 3 is 2.32 bits per heavy atom. The molecule has 0 fully saturated rings. The number of sulfone groups is 1. The van der Waals surface area contributed by atoms with Crippen LogP contribution in [-0.4, -0.2) is 8.42 Å². The largest absolute Gasteiger partial charge is 0.460 e. The molecule has 1 aromatic heterocycles. The molecule has 0 aliphatic rings. The smallest absolute Gasteiger partial charge is 0.185 e. The van der Waals surface area contributed by atoms with Crippen molar-refractivity contribution in [3.8, 4) is 0 Å². The Morgan fingerprint density at radius 1 is 0.895 bits per heavy atom. The highest BCUT2D eigenvalue weighted by Crippen LogP contribution is 2.22. The summed E-state index contributed by atoms with van der Waals surface area (Å²) in [5, 5.41) is 0.917. The van der Waals surface area contributed by atoms with Crippen molar-refractivity contribution >= 4 is 20.8 Å². The normalized spacial score (nSPS) is 11.8. The van der Waals surface area contributed by atoms with Gasteiger partial charge in [0.1, 0.15) is 17.1 Å². The predicted octanol–water partition coefficient (Wildman–Crippen LogP) is 3.41. The van der Waals surface area contributed by atoms with Crippen molar-refractivity contribution in [2.75, 3.05) is 0 Å². The summed E-state index contributed by atoms with van der Waals surface area (Å²) >= 11 is 0. The summed E-state index contributed by atoms with van der Waals surface area (Å²) in [7, 11) is -3.35. The second-order valence-corrected chi connectivity index (χ2v) is 6.31. The Kier molecular flexibility index (Phi) is 2.87. The van der Waals surface area contributed by atoms with Crippen LogP contribution in [0.2, 0.25) is 0 Å². The quantitative estimate of drug-likeness (QED) is 0.734. The molecule has 3 rings (SSSR count). The minimum absolute atomic E-state index is 0.119. The third-order valence-corrected chi connectivity index (χ3v) is 4.57. The van der Waals surface area contributed by atoms with Gasteiger partial charge in [-0.25, -0.2) is 8.42 Å². The van der Waals surface area contributed by atoms with Crippen LogP contribution in [0.15, 0.2) is 70.0 Å². The van der Waals surface area contributed by atoms with Gasteiger partial charge in [0.05, 0.1) is 4.90 Å². The van der Waals surface area contributed by atoms with Crippen molar-refractivity contribution in [2.24, 2.45) is 0 Å². The summed E-state index contributed by atoms with van der Waals surface area (Å²) < 4.78 is 30.0. The molecule has 19 heavy (non-hydrogen) atoms. The first kappa shape index (κ1) is 12.0. The lowest BCUT2D eigenvalue weighted by atomic mass is 10.2. The molecule has 4 heteroatoms. The zero-order valence-electron chi connectivity index (χ0n) is 10.1. The molecule has 0 atom stereocenters. The minimum Gasteiger partial charge on any atom is -0.460 e. The SMILES string of the molecule is O=S(=O)(Cc1cc2ccccc2o1)c1ccccc1. The molecule has 3 aromatic rings. The monoisotopic (exact) mass is 272 g/mol. The first-order valence-electron chi connectivity index (χ1n) is 5.90. The maximum atomic E-state index is 12.2. The van der Waals surface area contributed by atoms with Gasteiger partial charge in [-0.05, 0) is 24.3 Å². The summed E-state index contributed by atoms with van der Waals surface area (Å²) in [5.41, 5.74) is 0.709. The Morgan fingerprint density at radius 2 is 1.58 bits per heavy atom. The van der Waals surface area contributed by atoms with Crippen molar-refractivity contribution < 1.29 is 12.8 Å². The van der Waals surface area contributed by atoms with Gasteiger partial charge in [-0.2, -0.15) is 0 Å². The van der Waals surface area contributed by atoms with E-state index in [-0.39, 0.29) is 5.75 Å². The molecular weight excluding hydrogens is 260 g/mol. The van der Waals surface area contributed by atoms with Crippen molar-refractivity contribution in [2.45, 2.75) is 10.6 Å². The van der Waals surface area contributed by atoms with E-state index >= 15 is 0 Å². The van der Waals surface area contributed by atoms with Crippen molar-refractivity contribution in [3.63, 3.8) is 0 Å². The van der Waals surface area contributed by atoms with E-state index < -0.39 is 9.84 Å². The standard InChI is InChI=1S/C15H12O3S/c16-19(17,14-7-2-1-3-8-14)11-13-10-12-6-4-5-9-15(12)18-13/h1-10H,11H2. The van der Waals surface area contributed by atoms with E-state index in [4.69, 9.17) is 4.42 Å². The number of furan rings is 1. The van der Waals surface area contributed by atoms with Gasteiger partial charge in [0, 0.05) is 5.39 Å². The lowest BCUT2D eigenvalue weighted by Crippen LogP contribution is -2.03. The van der Waals surface area contributed by atoms with Crippen molar-refractivity contribution in [3.05, 3.63) is 66.4 Å². The zero-order chi connectivity index (χ0) is 13.3. The van der Waals surface area contributed by atoms with Gasteiger partial charge in [0.15, 0.2) is 9.84 Å². The molecule has 0 aliphatic carbocycles. The fourth-order valence-electron chi connectivity index (χ4n) is 2.01. The molecule has 1 heterocycles. The van der Waals surface area contributed by atoms with Crippen LogP contribution in [0.4, 0.5) is 0 Å². The van der Waals surface area contributed by atoms with E-state index in [1.54, 1.807) is 36.4 Å². The van der Waals surface area contributed by atoms with E-state index in [2.05, 4.69) is 0 Å². The molecule has 0 spiro atoms. The predicted molar refractivity (Wildman–Crippen MR) is 73.5 cm³/mol. The lowest BCUT2D eigenvalue weighted by molar-refractivity contribution is 0.554. The van der Waals surface area contributed by atoms with Crippen LogP contribution in [-0.2, 0) is 15.6 Å². The molecule has 0 saturated heterocycles. The Hall–Kier alpha value is -2.07. The van der Waals surface area contributed by atoms with Gasteiger partial charge >= 0.3 is 0 Å². The topological polar surface area (TPSA) is 47.3 Å². The van der Waals surface area contributed by atoms with Gasteiger partial charge in [-0.1, -0.05) is 36.4 Å². The summed E-state index contributed by atoms with van der Waals surface area (Å²) in [6.45, 7) is 0. The van der Waals surface area contributed by atoms with Crippen LogP contribution in [0, 0.1) is 0 Å². The Labute approximate surface area is 111 Å². The van der Waals surface area contributed by atoms with Gasteiger partial charge in [0.25, 0.3) is 0 Å². The second-order valence-electron chi connectivity index (χ2n) is 4.32. The Bertz CT molecular complexity index is 769. The molecule has 2 aromatic carbocycles. The maximum Gasteiger partial charge on any atom is 0.185 e. The highest BCUT2D eigenvalue weighted by molar-refractivity contribution is 7.90. The summed E-state index contributed by atoms with van der Waals surface area (Å²) in [6, 6.07) is 17.7. The van der Waals surface area contributed by atoms with Gasteiger partial charge in [-0.3, -0.25) is 0 Å². The van der Waals surface area contributed by atoms with Gasteiger partial charge in [0.2, 0.25) is 0 Å². The summed E-state index contributed by atoms with van der Waals surface area (Å²) in [4.78, 5) is 0.315. The van der Waals surface area contributed by atoms with Crippen LogP contribution < -0.4 is 0 Å². The van der Waals surface area contributed by atoms with Crippen molar-refractivity contribution in [1.82, 2.24) is 0 Å². The molecule has 3 nitrogen and oxygen atoms in total. The first-order chi connectivity index (χ1) is 9.15. The molecule has 0 bridgehead atoms. The molecule has 0 saturated carbocycles. The average Bonchev–Trinajstić information content (AvgIpc) is 2.81. The molecular formula is C15H12O3S. The summed E-state index contributed by atoms with van der Waals surface area (Å²) in [5.74, 6) is 0.344. The highest BCUT2D eigenvalue weighted by atomic mass is 32.2. The number of rotatable bonds is 3. The van der Waals surface area contributed by atoms with E-state index in [0.717, 1.165) is 5.39 Å². The molecule has 0 unspecified atom stereocenters. The number of hydrogen-bond donors (Lipinski definition) is 0. The fourth-order valence-corrected chi connectivity index (χ4v) is 3.26. The third-order valence-electron chi connectivity index (χ3n) is 2.91. The van der Waals surface area contributed by atoms with Gasteiger partial charge in [-0.15, -0.1) is 0 Å². The van der Waals surface area contributed by atoms with E-state index in [1.165, 1.54) is 0 Å². The Balaban J connectivity index is 1.97. The second kappa shape index (κ2) is 4.55. The molecule has 96 valence electrons. The van der Waals surface area contributed by atoms with Crippen LogP contribution >= 0.6 is 0 Å². The zero-order valence-corrected chi connectivity index (χ0v) is 10.9. The number of hydrogen-bond acceptors (Lipinski definition) is 3. The van der Waals surface area contributed by atoms with E-state index in [9.17, 15) is 8.42 Å². The van der Waals surface area contributed by atoms with E-state index in [0.29, 0.717) is 16.2 Å². The summed E-state index contributed by atoms with van der Waals surface area (Å²) in [6.07, 6.45) is 0. The van der Waals surface area contributed by atoms with Crippen LogP contribution in [0.3, 0.4) is 0 Å². The van der Waals surface area contributed by atoms with Crippen LogP contribution in [0.5, 0.6) is 0 Å². The van der Waals surface area contributed by atoms with Gasteiger partial charge < -0.3 is 4.42 Å². The molecule has 0 radical (unpaired) electrons. The van der Waals surface area contributed by atoms with E-state index in [1.807, 2.05) is 24.3 Å². The lowest BCUT2D eigenvalue weighted by Gasteiger charge is -2.01. The number of fused-ring (bicyclic) bond motifs is 1. The first-order valence-corrected chi connectivity index (χ1v) is 7.56. The molecule has 0 aliphatic heterocycles. The number of benzene rings is 2. The molecule has 0 N–H and O–H groups in total. The molecule has 0 amide bonds. The van der Waals surface area contributed by atoms with Crippen LogP contribution in [0.25, 0.3) is 11.0 Å². The van der Waals surface area contributed by atoms with Crippen LogP contribution in [0.1, 0.15) is 5.76 Å². The number of para-hydroxylation sites is 1. The highest BCUT2D eigenvalue weighted by Gasteiger charge is 2.17.